The minimum atomic E-state index is -0.533. The zero-order chi connectivity index (χ0) is 13.0. The molecule has 2 aromatic rings. The van der Waals surface area contributed by atoms with Crippen molar-refractivity contribution in [2.45, 2.75) is 19.6 Å². The number of aliphatic hydroxyl groups is 1. The first-order valence-corrected chi connectivity index (χ1v) is 6.04. The second-order valence-corrected chi connectivity index (χ2v) is 4.42. The Morgan fingerprint density at radius 1 is 1.39 bits per heavy atom. The number of aliphatic hydroxyl groups excluding tert-OH is 1. The molecule has 1 aromatic carbocycles. The zero-order valence-corrected chi connectivity index (χ0v) is 10.8. The Bertz CT molecular complexity index is 514. The zero-order valence-electron chi connectivity index (χ0n) is 10.0. The Hall–Kier alpha value is -1.58. The molecule has 1 aromatic heterocycles. The summed E-state index contributed by atoms with van der Waals surface area (Å²) in [5.41, 5.74) is 1.75. The molecule has 18 heavy (non-hydrogen) atoms. The van der Waals surface area contributed by atoms with Crippen LogP contribution in [0.25, 0.3) is 0 Å². The number of aromatic nitrogens is 1. The second kappa shape index (κ2) is 5.85. The average Bonchev–Trinajstić information content (AvgIpc) is 2.38. The van der Waals surface area contributed by atoms with E-state index in [1.54, 1.807) is 37.5 Å². The molecule has 0 bridgehead atoms. The van der Waals surface area contributed by atoms with E-state index in [9.17, 15) is 5.11 Å². The van der Waals surface area contributed by atoms with Crippen molar-refractivity contribution in [3.05, 3.63) is 58.9 Å². The molecule has 1 heterocycles. The fraction of sp³-hybridized carbons (Fsp3) is 0.214. The molecule has 2 rings (SSSR count). The highest BCUT2D eigenvalue weighted by molar-refractivity contribution is 6.32. The highest BCUT2D eigenvalue weighted by Gasteiger charge is 2.06. The number of hydrogen-bond acceptors (Lipinski definition) is 3. The first-order chi connectivity index (χ1) is 8.66. The molecule has 1 atom stereocenters. The quantitative estimate of drug-likeness (QED) is 0.920. The van der Waals surface area contributed by atoms with Gasteiger partial charge in [-0.15, -0.1) is 0 Å². The van der Waals surface area contributed by atoms with Crippen LogP contribution in [0.3, 0.4) is 0 Å². The van der Waals surface area contributed by atoms with Crippen LogP contribution in [0.2, 0.25) is 5.02 Å². The molecular formula is C14H14ClNO2. The van der Waals surface area contributed by atoms with Crippen LogP contribution in [0.4, 0.5) is 0 Å². The number of rotatable bonds is 4. The van der Waals surface area contributed by atoms with Crippen molar-refractivity contribution >= 4 is 11.6 Å². The molecule has 0 fully saturated rings. The van der Waals surface area contributed by atoms with Crippen molar-refractivity contribution in [1.29, 1.82) is 0 Å². The third kappa shape index (κ3) is 3.22. The first kappa shape index (κ1) is 12.9. The van der Waals surface area contributed by atoms with Gasteiger partial charge in [0.15, 0.2) is 0 Å². The standard InChI is InChI=1S/C14H14ClNO2/c1-10(17)12-4-5-14(13(15)7-12)18-9-11-3-2-6-16-8-11/h2-8,10,17H,9H2,1H3/t10-/m1/s1. The van der Waals surface area contributed by atoms with Gasteiger partial charge in [0.1, 0.15) is 12.4 Å². The van der Waals surface area contributed by atoms with Gasteiger partial charge in [0.25, 0.3) is 0 Å². The van der Waals surface area contributed by atoms with Crippen molar-refractivity contribution in [3.8, 4) is 5.75 Å². The predicted octanol–water partition coefficient (Wildman–Crippen LogP) is 3.37. The molecule has 0 saturated heterocycles. The van der Waals surface area contributed by atoms with E-state index in [2.05, 4.69) is 4.98 Å². The highest BCUT2D eigenvalue weighted by Crippen LogP contribution is 2.28. The summed E-state index contributed by atoms with van der Waals surface area (Å²) in [5.74, 6) is 0.602. The molecular weight excluding hydrogens is 250 g/mol. The molecule has 1 N–H and O–H groups in total. The lowest BCUT2D eigenvalue weighted by Gasteiger charge is -2.10. The van der Waals surface area contributed by atoms with Gasteiger partial charge < -0.3 is 9.84 Å². The van der Waals surface area contributed by atoms with E-state index in [-0.39, 0.29) is 0 Å². The summed E-state index contributed by atoms with van der Waals surface area (Å²) in [5, 5.41) is 9.94. The fourth-order valence-electron chi connectivity index (χ4n) is 1.54. The summed E-state index contributed by atoms with van der Waals surface area (Å²) in [6.07, 6.45) is 2.93. The predicted molar refractivity (Wildman–Crippen MR) is 70.7 cm³/mol. The number of pyridine rings is 1. The van der Waals surface area contributed by atoms with Gasteiger partial charge >= 0.3 is 0 Å². The molecule has 0 saturated carbocycles. The monoisotopic (exact) mass is 263 g/mol. The number of benzene rings is 1. The smallest absolute Gasteiger partial charge is 0.138 e. The van der Waals surface area contributed by atoms with Crippen molar-refractivity contribution in [2.24, 2.45) is 0 Å². The largest absolute Gasteiger partial charge is 0.487 e. The molecule has 0 aliphatic rings. The van der Waals surface area contributed by atoms with Gasteiger partial charge in [0.05, 0.1) is 11.1 Å². The van der Waals surface area contributed by atoms with Gasteiger partial charge in [-0.1, -0.05) is 23.7 Å². The lowest BCUT2D eigenvalue weighted by Crippen LogP contribution is -1.97. The summed E-state index contributed by atoms with van der Waals surface area (Å²) in [4.78, 5) is 4.01. The van der Waals surface area contributed by atoms with E-state index in [0.29, 0.717) is 17.4 Å². The van der Waals surface area contributed by atoms with E-state index in [4.69, 9.17) is 16.3 Å². The van der Waals surface area contributed by atoms with Gasteiger partial charge in [-0.2, -0.15) is 0 Å². The summed E-state index contributed by atoms with van der Waals surface area (Å²) >= 11 is 6.09. The summed E-state index contributed by atoms with van der Waals surface area (Å²) in [6.45, 7) is 2.11. The average molecular weight is 264 g/mol. The van der Waals surface area contributed by atoms with Crippen LogP contribution in [0.15, 0.2) is 42.7 Å². The van der Waals surface area contributed by atoms with Crippen molar-refractivity contribution < 1.29 is 9.84 Å². The number of halogens is 1. The SMILES string of the molecule is C[C@@H](O)c1ccc(OCc2cccnc2)c(Cl)c1. The number of ether oxygens (including phenoxy) is 1. The lowest BCUT2D eigenvalue weighted by atomic mass is 10.1. The maximum atomic E-state index is 9.44. The van der Waals surface area contributed by atoms with Gasteiger partial charge in [0.2, 0.25) is 0 Å². The van der Waals surface area contributed by atoms with Crippen LogP contribution in [0.1, 0.15) is 24.2 Å². The molecule has 94 valence electrons. The Balaban J connectivity index is 2.06. The number of hydrogen-bond donors (Lipinski definition) is 1. The molecule has 0 unspecified atom stereocenters. The first-order valence-electron chi connectivity index (χ1n) is 5.66. The Morgan fingerprint density at radius 3 is 2.83 bits per heavy atom. The third-order valence-electron chi connectivity index (χ3n) is 2.56. The van der Waals surface area contributed by atoms with Crippen molar-refractivity contribution in [2.75, 3.05) is 0 Å². The van der Waals surface area contributed by atoms with Crippen LogP contribution in [-0.4, -0.2) is 10.1 Å². The Morgan fingerprint density at radius 2 is 2.22 bits per heavy atom. The van der Waals surface area contributed by atoms with E-state index in [0.717, 1.165) is 11.1 Å². The van der Waals surface area contributed by atoms with E-state index in [1.165, 1.54) is 0 Å². The maximum absolute atomic E-state index is 9.44. The minimum Gasteiger partial charge on any atom is -0.487 e. The second-order valence-electron chi connectivity index (χ2n) is 4.02. The Labute approximate surface area is 111 Å². The molecule has 0 aliphatic carbocycles. The van der Waals surface area contributed by atoms with Crippen LogP contribution >= 0.6 is 11.6 Å². The van der Waals surface area contributed by atoms with Crippen LogP contribution in [0, 0.1) is 0 Å². The summed E-state index contributed by atoms with van der Waals surface area (Å²) in [7, 11) is 0. The minimum absolute atomic E-state index is 0.418. The molecule has 0 amide bonds. The normalized spacial score (nSPS) is 12.2. The molecule has 3 nitrogen and oxygen atoms in total. The van der Waals surface area contributed by atoms with Crippen LogP contribution in [0.5, 0.6) is 5.75 Å². The van der Waals surface area contributed by atoms with E-state index >= 15 is 0 Å². The van der Waals surface area contributed by atoms with Crippen molar-refractivity contribution in [1.82, 2.24) is 4.98 Å². The summed E-state index contributed by atoms with van der Waals surface area (Å²) in [6, 6.07) is 9.07. The molecule has 0 radical (unpaired) electrons. The third-order valence-corrected chi connectivity index (χ3v) is 2.85. The lowest BCUT2D eigenvalue weighted by molar-refractivity contribution is 0.199. The molecule has 0 aliphatic heterocycles. The van der Waals surface area contributed by atoms with Gasteiger partial charge in [0, 0.05) is 18.0 Å². The molecule has 0 spiro atoms. The Kier molecular flexibility index (Phi) is 4.18. The highest BCUT2D eigenvalue weighted by atomic mass is 35.5. The van der Waals surface area contributed by atoms with Crippen LogP contribution < -0.4 is 4.74 Å². The number of nitrogens with zero attached hydrogens (tertiary/aromatic N) is 1. The van der Waals surface area contributed by atoms with Gasteiger partial charge in [-0.05, 0) is 30.7 Å². The topological polar surface area (TPSA) is 42.4 Å². The van der Waals surface area contributed by atoms with Gasteiger partial charge in [-0.3, -0.25) is 4.98 Å². The van der Waals surface area contributed by atoms with Crippen LogP contribution in [-0.2, 0) is 6.61 Å². The van der Waals surface area contributed by atoms with E-state index in [1.807, 2.05) is 12.1 Å². The van der Waals surface area contributed by atoms with Gasteiger partial charge in [-0.25, -0.2) is 0 Å². The summed E-state index contributed by atoms with van der Waals surface area (Å²) < 4.78 is 5.60. The van der Waals surface area contributed by atoms with Crippen molar-refractivity contribution in [3.63, 3.8) is 0 Å². The van der Waals surface area contributed by atoms with E-state index < -0.39 is 6.10 Å². The fourth-order valence-corrected chi connectivity index (χ4v) is 1.78. The maximum Gasteiger partial charge on any atom is 0.138 e. The molecule has 4 heteroatoms.